The van der Waals surface area contributed by atoms with E-state index in [4.69, 9.17) is 0 Å². The van der Waals surface area contributed by atoms with E-state index in [0.717, 1.165) is 38.9 Å². The first-order valence-electron chi connectivity index (χ1n) is 10.4. The fourth-order valence-electron chi connectivity index (χ4n) is 4.61. The monoisotopic (exact) mass is 484 g/mol. The first-order valence-corrected chi connectivity index (χ1v) is 11.8. The van der Waals surface area contributed by atoms with Gasteiger partial charge in [0, 0.05) is 16.3 Å². The quantitative estimate of drug-likeness (QED) is 0.168. The van der Waals surface area contributed by atoms with Crippen LogP contribution in [0.5, 0.6) is 5.75 Å². The number of para-hydroxylation sites is 1. The van der Waals surface area contributed by atoms with Crippen LogP contribution in [0.4, 0.5) is 13.2 Å². The van der Waals surface area contributed by atoms with Gasteiger partial charge in [-0.2, -0.15) is 21.6 Å². The molecule has 34 heavy (non-hydrogen) atoms. The molecule has 9 heteroatoms. The van der Waals surface area contributed by atoms with E-state index >= 15 is 0 Å². The Hall–Kier alpha value is -3.59. The summed E-state index contributed by atoms with van der Waals surface area (Å²) in [4.78, 5) is 4.60. The van der Waals surface area contributed by atoms with Gasteiger partial charge in [-0.3, -0.25) is 4.40 Å². The molecule has 3 aromatic carbocycles. The minimum absolute atomic E-state index is 0.436. The first-order chi connectivity index (χ1) is 16.0. The summed E-state index contributed by atoms with van der Waals surface area (Å²) in [5.74, 6) is -0.436. The van der Waals surface area contributed by atoms with Crippen molar-refractivity contribution in [3.8, 4) is 17.0 Å². The van der Waals surface area contributed by atoms with Gasteiger partial charge in [-0.1, -0.05) is 35.9 Å². The molecule has 0 aliphatic carbocycles. The summed E-state index contributed by atoms with van der Waals surface area (Å²) in [6.07, 6.45) is 1.73. The second-order valence-corrected chi connectivity index (χ2v) is 9.82. The molecule has 0 spiro atoms. The number of pyridine rings is 1. The second-order valence-electron chi connectivity index (χ2n) is 8.28. The summed E-state index contributed by atoms with van der Waals surface area (Å²) in [7, 11) is -5.80. The Labute approximate surface area is 193 Å². The fraction of sp³-hybridized carbons (Fsp3) is 0.160. The van der Waals surface area contributed by atoms with Crippen LogP contribution in [0, 0.1) is 20.8 Å². The van der Waals surface area contributed by atoms with Gasteiger partial charge < -0.3 is 4.18 Å². The Bertz CT molecular complexity index is 1700. The van der Waals surface area contributed by atoms with E-state index in [2.05, 4.69) is 21.3 Å². The molecule has 0 amide bonds. The maximum atomic E-state index is 12.9. The lowest BCUT2D eigenvalue weighted by molar-refractivity contribution is -0.0500. The molecule has 0 radical (unpaired) electrons. The number of rotatable bonds is 3. The van der Waals surface area contributed by atoms with Crippen LogP contribution in [0.3, 0.4) is 0 Å². The van der Waals surface area contributed by atoms with E-state index in [0.29, 0.717) is 16.4 Å². The van der Waals surface area contributed by atoms with Gasteiger partial charge in [-0.15, -0.1) is 0 Å². The first kappa shape index (κ1) is 22.2. The number of benzene rings is 3. The van der Waals surface area contributed by atoms with Crippen LogP contribution in [0.25, 0.3) is 38.6 Å². The number of nitrogens with zero attached hydrogens (tertiary/aromatic N) is 2. The maximum absolute atomic E-state index is 12.9. The molecule has 0 unspecified atom stereocenters. The zero-order valence-corrected chi connectivity index (χ0v) is 19.3. The summed E-state index contributed by atoms with van der Waals surface area (Å²) in [5, 5.41) is 2.04. The Morgan fingerprint density at radius 3 is 2.24 bits per heavy atom. The van der Waals surface area contributed by atoms with Crippen molar-refractivity contribution in [3.63, 3.8) is 0 Å². The van der Waals surface area contributed by atoms with Gasteiger partial charge in [-0.05, 0) is 61.5 Å². The molecule has 2 aromatic heterocycles. The predicted molar refractivity (Wildman–Crippen MR) is 125 cm³/mol. The highest BCUT2D eigenvalue weighted by Gasteiger charge is 2.48. The minimum atomic E-state index is -5.80. The number of fused-ring (bicyclic) bond motifs is 6. The molecule has 5 rings (SSSR count). The number of aromatic nitrogens is 2. The van der Waals surface area contributed by atoms with Crippen LogP contribution < -0.4 is 4.18 Å². The van der Waals surface area contributed by atoms with Gasteiger partial charge in [0.25, 0.3) is 0 Å². The third-order valence-electron chi connectivity index (χ3n) is 5.85. The lowest BCUT2D eigenvalue weighted by atomic mass is 9.97. The van der Waals surface area contributed by atoms with Crippen molar-refractivity contribution in [3.05, 3.63) is 77.5 Å². The van der Waals surface area contributed by atoms with E-state index in [1.807, 2.05) is 49.4 Å². The Morgan fingerprint density at radius 1 is 0.882 bits per heavy atom. The van der Waals surface area contributed by atoms with Crippen molar-refractivity contribution < 1.29 is 25.8 Å². The Kier molecular flexibility index (Phi) is 4.87. The molecule has 0 aliphatic heterocycles. The van der Waals surface area contributed by atoms with Gasteiger partial charge in [-0.25, -0.2) is 4.98 Å². The zero-order valence-electron chi connectivity index (χ0n) is 18.4. The molecule has 0 bridgehead atoms. The van der Waals surface area contributed by atoms with Crippen LogP contribution in [-0.4, -0.2) is 23.3 Å². The van der Waals surface area contributed by atoms with Gasteiger partial charge in [0.1, 0.15) is 11.4 Å². The number of aryl methyl sites for hydroxylation is 3. The number of hydrogen-bond donors (Lipinski definition) is 0. The van der Waals surface area contributed by atoms with Crippen LogP contribution in [0.1, 0.15) is 16.7 Å². The molecule has 0 saturated heterocycles. The smallest absolute Gasteiger partial charge is 0.376 e. The summed E-state index contributed by atoms with van der Waals surface area (Å²) in [5.41, 5.74) is 0.935. The van der Waals surface area contributed by atoms with Gasteiger partial charge in [0.2, 0.25) is 0 Å². The van der Waals surface area contributed by atoms with Crippen molar-refractivity contribution in [2.75, 3.05) is 0 Å². The zero-order chi connectivity index (χ0) is 24.4. The van der Waals surface area contributed by atoms with E-state index in [1.165, 1.54) is 12.1 Å². The summed E-state index contributed by atoms with van der Waals surface area (Å²) < 4.78 is 68.0. The average Bonchev–Trinajstić information content (AvgIpc) is 3.17. The second kappa shape index (κ2) is 7.46. The number of alkyl halides is 3. The largest absolute Gasteiger partial charge is 0.534 e. The van der Waals surface area contributed by atoms with E-state index in [-0.39, 0.29) is 0 Å². The molecule has 174 valence electrons. The normalized spacial score (nSPS) is 12.6. The SMILES string of the molecule is Cc1cc(C)c(-c2cnc3c4cc(OS(=O)(=O)C(F)(F)F)ccc4c4ccccc4n23)c(C)c1. The molecule has 0 saturated carbocycles. The molecule has 2 heterocycles. The van der Waals surface area contributed by atoms with Gasteiger partial charge >= 0.3 is 15.6 Å². The topological polar surface area (TPSA) is 60.7 Å². The van der Waals surface area contributed by atoms with Crippen LogP contribution in [0.2, 0.25) is 0 Å². The summed E-state index contributed by atoms with van der Waals surface area (Å²) in [6.45, 7) is 6.06. The molecular formula is C25H19F3N2O3S. The van der Waals surface area contributed by atoms with Crippen LogP contribution in [-0.2, 0) is 10.1 Å². The number of halogens is 3. The number of imidazole rings is 1. The Morgan fingerprint density at radius 2 is 1.56 bits per heavy atom. The fourth-order valence-corrected chi connectivity index (χ4v) is 5.06. The van der Waals surface area contributed by atoms with Crippen molar-refractivity contribution in [1.29, 1.82) is 0 Å². The van der Waals surface area contributed by atoms with Crippen molar-refractivity contribution >= 4 is 37.4 Å². The third-order valence-corrected chi connectivity index (χ3v) is 6.83. The van der Waals surface area contributed by atoms with Gasteiger partial charge in [0.15, 0.2) is 0 Å². The van der Waals surface area contributed by atoms with Crippen LogP contribution >= 0.6 is 0 Å². The van der Waals surface area contributed by atoms with Crippen molar-refractivity contribution in [2.24, 2.45) is 0 Å². The third kappa shape index (κ3) is 3.38. The minimum Gasteiger partial charge on any atom is -0.376 e. The lowest BCUT2D eigenvalue weighted by Crippen LogP contribution is -2.28. The van der Waals surface area contributed by atoms with E-state index in [1.54, 1.807) is 12.3 Å². The molecule has 0 fully saturated rings. The summed E-state index contributed by atoms with van der Waals surface area (Å²) in [6, 6.07) is 15.8. The molecule has 0 atom stereocenters. The molecule has 5 nitrogen and oxygen atoms in total. The standard InChI is InChI=1S/C25H19F3N2O3S/c1-14-10-15(2)23(16(3)11-14)22-13-29-24-20-12-17(33-34(31,32)25(26,27)28)8-9-18(20)19-6-4-5-7-21(19)30(22)24/h4-13H,1-3H3. The maximum Gasteiger partial charge on any atom is 0.534 e. The highest BCUT2D eigenvalue weighted by molar-refractivity contribution is 7.88. The van der Waals surface area contributed by atoms with E-state index < -0.39 is 21.4 Å². The molecule has 0 aliphatic rings. The molecule has 0 N–H and O–H groups in total. The number of hydrogen-bond acceptors (Lipinski definition) is 4. The highest BCUT2D eigenvalue weighted by atomic mass is 32.2. The molecular weight excluding hydrogens is 465 g/mol. The average molecular weight is 484 g/mol. The van der Waals surface area contributed by atoms with E-state index in [9.17, 15) is 21.6 Å². The lowest BCUT2D eigenvalue weighted by Gasteiger charge is -2.15. The van der Waals surface area contributed by atoms with Crippen LogP contribution in [0.15, 0.2) is 60.8 Å². The summed E-state index contributed by atoms with van der Waals surface area (Å²) >= 11 is 0. The highest BCUT2D eigenvalue weighted by Crippen LogP contribution is 2.37. The Balaban J connectivity index is 1.85. The van der Waals surface area contributed by atoms with Crippen molar-refractivity contribution in [1.82, 2.24) is 9.38 Å². The van der Waals surface area contributed by atoms with Crippen molar-refractivity contribution in [2.45, 2.75) is 26.3 Å². The predicted octanol–water partition coefficient (Wildman–Crippen LogP) is 6.46. The van der Waals surface area contributed by atoms with Gasteiger partial charge in [0.05, 0.1) is 17.4 Å². The molecule has 5 aromatic rings.